The molecule has 0 aliphatic rings. The minimum Gasteiger partial charge on any atom is -0.685 e. The predicted octanol–water partition coefficient (Wildman–Crippen LogP) is 4.29. The first kappa shape index (κ1) is 23.3. The predicted molar refractivity (Wildman–Crippen MR) is 83.4 cm³/mol. The van der Waals surface area contributed by atoms with Crippen LogP contribution in [0.4, 0.5) is 5.69 Å². The molecule has 1 aromatic rings. The van der Waals surface area contributed by atoms with Crippen molar-refractivity contribution in [3.05, 3.63) is 53.3 Å². The minimum atomic E-state index is 0. The number of hydrogen-bond acceptors (Lipinski definition) is 1. The molecule has 3 heteroatoms. The average molecular weight is 306 g/mol. The molecule has 1 radical (unpaired) electrons. The molecule has 0 aliphatic heterocycles. The van der Waals surface area contributed by atoms with Crippen molar-refractivity contribution in [2.45, 2.75) is 34.6 Å². The van der Waals surface area contributed by atoms with Gasteiger partial charge in [-0.2, -0.15) is 0 Å². The summed E-state index contributed by atoms with van der Waals surface area (Å²) < 4.78 is 0. The van der Waals surface area contributed by atoms with Crippen molar-refractivity contribution in [2.24, 2.45) is 4.99 Å². The molecule has 0 amide bonds. The van der Waals surface area contributed by atoms with Crippen LogP contribution in [0, 0.1) is 49.5 Å². The van der Waals surface area contributed by atoms with Crippen LogP contribution in [-0.4, -0.2) is 14.1 Å². The van der Waals surface area contributed by atoms with Gasteiger partial charge < -0.3 is 20.2 Å². The molecule has 0 fully saturated rings. The molecule has 0 saturated carbocycles. The molecule has 0 saturated heterocycles. The summed E-state index contributed by atoms with van der Waals surface area (Å²) in [5, 5.41) is 5.41. The first-order valence-electron chi connectivity index (χ1n) is 5.59. The van der Waals surface area contributed by atoms with Gasteiger partial charge in [0.2, 0.25) is 0 Å². The SMILES string of the molecule is CN=c1c(C)c(C)c(C)c(C)c(C)c1[N-]C.[CH3-].[CH3-].[Ni+3]. The molecule has 19 heavy (non-hydrogen) atoms. The van der Waals surface area contributed by atoms with E-state index in [2.05, 4.69) is 44.9 Å². The smallest absolute Gasteiger partial charge is 0.685 e. The first-order valence-corrected chi connectivity index (χ1v) is 5.59. The van der Waals surface area contributed by atoms with E-state index in [0.29, 0.717) is 0 Å². The standard InChI is InChI=1S/C14H21N2.2CH3.Ni/c1-8-9(2)11(4)13(15-6)14(16-7)12(5)10(8)3;;;/h1-7H3;2*1H3;/q3*-1;+3. The van der Waals surface area contributed by atoms with Crippen LogP contribution in [0.1, 0.15) is 27.8 Å². The summed E-state index contributed by atoms with van der Waals surface area (Å²) in [6.07, 6.45) is 0. The van der Waals surface area contributed by atoms with E-state index in [4.69, 9.17) is 0 Å². The summed E-state index contributed by atoms with van der Waals surface area (Å²) in [4.78, 5) is 4.39. The van der Waals surface area contributed by atoms with Gasteiger partial charge in [0.15, 0.2) is 0 Å². The van der Waals surface area contributed by atoms with E-state index >= 15 is 0 Å². The van der Waals surface area contributed by atoms with Crippen molar-refractivity contribution in [1.29, 1.82) is 0 Å². The largest absolute Gasteiger partial charge is 3.00 e. The summed E-state index contributed by atoms with van der Waals surface area (Å²) in [5.41, 5.74) is 7.46. The van der Waals surface area contributed by atoms with Crippen LogP contribution in [0.3, 0.4) is 0 Å². The Morgan fingerprint density at radius 3 is 1.47 bits per heavy atom. The van der Waals surface area contributed by atoms with Crippen LogP contribution >= 0.6 is 0 Å². The van der Waals surface area contributed by atoms with Gasteiger partial charge in [-0.25, -0.2) is 0 Å². The molecule has 0 unspecified atom stereocenters. The van der Waals surface area contributed by atoms with Gasteiger partial charge in [0.05, 0.1) is 0 Å². The van der Waals surface area contributed by atoms with E-state index in [0.717, 1.165) is 11.0 Å². The summed E-state index contributed by atoms with van der Waals surface area (Å²) >= 11 is 0. The summed E-state index contributed by atoms with van der Waals surface area (Å²) in [6, 6.07) is 0. The number of rotatable bonds is 1. The van der Waals surface area contributed by atoms with E-state index in [9.17, 15) is 0 Å². The first-order chi connectivity index (χ1) is 7.45. The average Bonchev–Trinajstić information content (AvgIpc) is 2.35. The van der Waals surface area contributed by atoms with Crippen LogP contribution in [0.2, 0.25) is 0 Å². The Morgan fingerprint density at radius 2 is 1.11 bits per heavy atom. The fourth-order valence-electron chi connectivity index (χ4n) is 2.10. The third kappa shape index (κ3) is 4.07. The zero-order valence-corrected chi connectivity index (χ0v) is 14.7. The van der Waals surface area contributed by atoms with Gasteiger partial charge in [-0.15, -0.1) is 12.7 Å². The van der Waals surface area contributed by atoms with Crippen LogP contribution in [0.15, 0.2) is 4.99 Å². The van der Waals surface area contributed by atoms with E-state index in [1.807, 2.05) is 14.1 Å². The molecule has 0 aromatic heterocycles. The van der Waals surface area contributed by atoms with Gasteiger partial charge in [0.25, 0.3) is 0 Å². The normalized spacial score (nSPS) is 9.95. The molecule has 1 rings (SSSR count). The van der Waals surface area contributed by atoms with Gasteiger partial charge in [-0.3, -0.25) is 4.99 Å². The van der Waals surface area contributed by atoms with E-state index in [-0.39, 0.29) is 31.3 Å². The molecular formula is C16H27N2Ni. The molecule has 0 bridgehead atoms. The Labute approximate surface area is 129 Å². The molecule has 2 nitrogen and oxygen atoms in total. The van der Waals surface area contributed by atoms with Crippen LogP contribution in [-0.2, 0) is 16.5 Å². The summed E-state index contributed by atoms with van der Waals surface area (Å²) in [5.74, 6) is 0. The molecular weight excluding hydrogens is 279 g/mol. The van der Waals surface area contributed by atoms with E-state index < -0.39 is 0 Å². The Hall–Kier alpha value is -0.816. The van der Waals surface area contributed by atoms with Crippen molar-refractivity contribution in [3.8, 4) is 0 Å². The molecule has 0 aliphatic carbocycles. The molecule has 0 N–H and O–H groups in total. The second-order valence-electron chi connectivity index (χ2n) is 4.27. The third-order valence-corrected chi connectivity index (χ3v) is 3.63. The van der Waals surface area contributed by atoms with Gasteiger partial charge in [-0.05, 0) is 56.9 Å². The maximum Gasteiger partial charge on any atom is 3.00 e. The topological polar surface area (TPSA) is 26.5 Å². The summed E-state index contributed by atoms with van der Waals surface area (Å²) in [7, 11) is 3.67. The van der Waals surface area contributed by atoms with Crippen LogP contribution in [0.25, 0.3) is 5.32 Å². The van der Waals surface area contributed by atoms with Gasteiger partial charge >= 0.3 is 16.5 Å². The quantitative estimate of drug-likeness (QED) is 0.546. The van der Waals surface area contributed by atoms with Crippen LogP contribution < -0.4 is 5.36 Å². The van der Waals surface area contributed by atoms with Crippen molar-refractivity contribution >= 4 is 5.69 Å². The fourth-order valence-corrected chi connectivity index (χ4v) is 2.10. The third-order valence-electron chi connectivity index (χ3n) is 3.63. The van der Waals surface area contributed by atoms with E-state index in [1.54, 1.807) is 0 Å². The molecule has 111 valence electrons. The monoisotopic (exact) mass is 305 g/mol. The Kier molecular flexibility index (Phi) is 11.2. The zero-order chi connectivity index (χ0) is 12.5. The van der Waals surface area contributed by atoms with E-state index in [1.165, 1.54) is 27.8 Å². The van der Waals surface area contributed by atoms with Crippen LogP contribution in [0.5, 0.6) is 0 Å². The minimum absolute atomic E-state index is 0. The van der Waals surface area contributed by atoms with Crippen molar-refractivity contribution in [1.82, 2.24) is 0 Å². The summed E-state index contributed by atoms with van der Waals surface area (Å²) in [6.45, 7) is 10.7. The van der Waals surface area contributed by atoms with Crippen molar-refractivity contribution in [3.63, 3.8) is 0 Å². The fraction of sp³-hybridized carbons (Fsp3) is 0.438. The maximum atomic E-state index is 4.39. The molecule has 0 atom stereocenters. The molecule has 1 aromatic carbocycles. The number of nitrogens with zero attached hydrogens (tertiary/aromatic N) is 2. The second-order valence-corrected chi connectivity index (χ2v) is 4.27. The molecule has 0 heterocycles. The Balaban J connectivity index is -0.000000853. The molecule has 0 spiro atoms. The zero-order valence-electron chi connectivity index (χ0n) is 13.7. The van der Waals surface area contributed by atoms with Crippen molar-refractivity contribution in [2.75, 3.05) is 14.1 Å². The number of hydrogen-bond donors (Lipinski definition) is 0. The maximum absolute atomic E-state index is 4.39. The Morgan fingerprint density at radius 1 is 0.737 bits per heavy atom. The van der Waals surface area contributed by atoms with Crippen molar-refractivity contribution < 1.29 is 16.5 Å². The second kappa shape index (κ2) is 9.15. The van der Waals surface area contributed by atoms with Gasteiger partial charge in [0.1, 0.15) is 0 Å². The van der Waals surface area contributed by atoms with Gasteiger partial charge in [-0.1, -0.05) is 5.56 Å². The Bertz CT molecular complexity index is 491. The van der Waals surface area contributed by atoms with Gasteiger partial charge in [0, 0.05) is 12.4 Å².